The van der Waals surface area contributed by atoms with Crippen LogP contribution >= 0.6 is 27.3 Å². The maximum absolute atomic E-state index is 12.2. The lowest BCUT2D eigenvalue weighted by atomic mass is 10.1. The van der Waals surface area contributed by atoms with E-state index in [0.29, 0.717) is 5.56 Å². The number of nitrogens with zero attached hydrogens (tertiary/aromatic N) is 2. The van der Waals surface area contributed by atoms with Crippen LogP contribution in [-0.2, 0) is 0 Å². The van der Waals surface area contributed by atoms with Crippen molar-refractivity contribution in [2.75, 3.05) is 5.32 Å². The first-order valence-electron chi connectivity index (χ1n) is 7.28. The minimum absolute atomic E-state index is 0.127. The molecule has 0 atom stereocenters. The Balaban J connectivity index is 1.52. The molecule has 2 aromatic carbocycles. The maximum Gasteiger partial charge on any atom is 0.255 e. The molecule has 0 bridgehead atoms. The summed E-state index contributed by atoms with van der Waals surface area (Å²) in [5.41, 5.74) is 3.32. The van der Waals surface area contributed by atoms with Crippen molar-refractivity contribution in [2.24, 2.45) is 0 Å². The van der Waals surface area contributed by atoms with Gasteiger partial charge in [-0.25, -0.2) is 4.98 Å². The number of carbonyl (C=O) groups is 1. The van der Waals surface area contributed by atoms with Crippen LogP contribution in [0.3, 0.4) is 0 Å². The number of rotatable bonds is 3. The molecule has 1 N–H and O–H groups in total. The molecule has 0 saturated carbocycles. The highest BCUT2D eigenvalue weighted by atomic mass is 79.9. The summed E-state index contributed by atoms with van der Waals surface area (Å²) >= 11 is 4.97. The summed E-state index contributed by atoms with van der Waals surface area (Å²) in [7, 11) is 0. The summed E-state index contributed by atoms with van der Waals surface area (Å²) in [6.07, 6.45) is 3.99. The molecule has 24 heavy (non-hydrogen) atoms. The molecule has 0 aliphatic heterocycles. The van der Waals surface area contributed by atoms with Gasteiger partial charge in [0, 0.05) is 39.1 Å². The van der Waals surface area contributed by atoms with Crippen molar-refractivity contribution in [1.82, 2.24) is 9.38 Å². The molecular weight excluding hydrogens is 386 g/mol. The summed E-state index contributed by atoms with van der Waals surface area (Å²) in [5, 5.41) is 4.91. The van der Waals surface area contributed by atoms with Gasteiger partial charge in [-0.3, -0.25) is 9.20 Å². The average Bonchev–Trinajstić information content (AvgIpc) is 3.18. The minimum Gasteiger partial charge on any atom is -0.322 e. The lowest BCUT2D eigenvalue weighted by molar-refractivity contribution is 0.102. The topological polar surface area (TPSA) is 46.4 Å². The molecule has 0 radical (unpaired) electrons. The van der Waals surface area contributed by atoms with E-state index in [2.05, 4.69) is 26.2 Å². The number of benzene rings is 2. The van der Waals surface area contributed by atoms with Crippen LogP contribution in [0.15, 0.2) is 70.8 Å². The zero-order valence-electron chi connectivity index (χ0n) is 12.4. The number of imidazole rings is 1. The molecular formula is C18H12BrN3OS. The normalized spacial score (nSPS) is 10.9. The molecule has 4 nitrogen and oxygen atoms in total. The molecule has 0 spiro atoms. The maximum atomic E-state index is 12.2. The summed E-state index contributed by atoms with van der Waals surface area (Å²) in [6.45, 7) is 0. The van der Waals surface area contributed by atoms with Crippen molar-refractivity contribution in [3.05, 3.63) is 76.3 Å². The monoisotopic (exact) mass is 397 g/mol. The molecule has 0 fully saturated rings. The highest BCUT2D eigenvalue weighted by Gasteiger charge is 2.08. The smallest absolute Gasteiger partial charge is 0.255 e. The Morgan fingerprint density at radius 2 is 1.83 bits per heavy atom. The van der Waals surface area contributed by atoms with Crippen LogP contribution < -0.4 is 5.32 Å². The predicted octanol–water partition coefficient (Wildman–Crippen LogP) is 5.08. The van der Waals surface area contributed by atoms with Gasteiger partial charge in [0.2, 0.25) is 0 Å². The van der Waals surface area contributed by atoms with E-state index in [0.717, 1.165) is 26.4 Å². The quantitative estimate of drug-likeness (QED) is 0.523. The molecule has 0 aliphatic carbocycles. The van der Waals surface area contributed by atoms with Crippen LogP contribution in [0.5, 0.6) is 0 Å². The van der Waals surface area contributed by atoms with E-state index >= 15 is 0 Å². The lowest BCUT2D eigenvalue weighted by Crippen LogP contribution is -2.11. The second kappa shape index (κ2) is 6.22. The van der Waals surface area contributed by atoms with Gasteiger partial charge >= 0.3 is 0 Å². The zero-order chi connectivity index (χ0) is 16.5. The van der Waals surface area contributed by atoms with E-state index < -0.39 is 0 Å². The van der Waals surface area contributed by atoms with Crippen LogP contribution in [0.1, 0.15) is 10.4 Å². The van der Waals surface area contributed by atoms with Crippen LogP contribution in [0, 0.1) is 0 Å². The van der Waals surface area contributed by atoms with Gasteiger partial charge in [-0.05, 0) is 36.4 Å². The van der Waals surface area contributed by atoms with Crippen LogP contribution in [0.25, 0.3) is 16.2 Å². The SMILES string of the molecule is O=C(Nc1ccc(-c2cn3ccsc3n2)cc1)c1ccc(Br)cc1. The molecule has 118 valence electrons. The zero-order valence-corrected chi connectivity index (χ0v) is 14.8. The Labute approximate surface area is 150 Å². The van der Waals surface area contributed by atoms with Gasteiger partial charge < -0.3 is 5.32 Å². The number of hydrogen-bond donors (Lipinski definition) is 1. The fourth-order valence-corrected chi connectivity index (χ4v) is 3.36. The van der Waals surface area contributed by atoms with E-state index in [1.165, 1.54) is 0 Å². The fourth-order valence-electron chi connectivity index (χ4n) is 2.40. The molecule has 4 aromatic rings. The molecule has 4 rings (SSSR count). The molecule has 2 aromatic heterocycles. The Morgan fingerprint density at radius 3 is 2.54 bits per heavy atom. The molecule has 2 heterocycles. The lowest BCUT2D eigenvalue weighted by Gasteiger charge is -2.06. The largest absolute Gasteiger partial charge is 0.322 e. The first-order chi connectivity index (χ1) is 11.7. The van der Waals surface area contributed by atoms with Gasteiger partial charge in [-0.2, -0.15) is 0 Å². The molecule has 6 heteroatoms. The number of amides is 1. The standard InChI is InChI=1S/C18H12BrN3OS/c19-14-5-1-13(2-6-14)17(23)20-15-7-3-12(4-8-15)16-11-22-9-10-24-18(22)21-16/h1-11H,(H,20,23). The highest BCUT2D eigenvalue weighted by molar-refractivity contribution is 9.10. The van der Waals surface area contributed by atoms with Crippen molar-refractivity contribution in [2.45, 2.75) is 0 Å². The first kappa shape index (κ1) is 15.1. The van der Waals surface area contributed by atoms with Crippen molar-refractivity contribution in [3.8, 4) is 11.3 Å². The van der Waals surface area contributed by atoms with E-state index in [9.17, 15) is 4.79 Å². The number of aromatic nitrogens is 2. The van der Waals surface area contributed by atoms with Gasteiger partial charge in [0.15, 0.2) is 4.96 Å². The van der Waals surface area contributed by atoms with Crippen molar-refractivity contribution < 1.29 is 4.79 Å². The van der Waals surface area contributed by atoms with Gasteiger partial charge in [0.05, 0.1) is 5.69 Å². The Morgan fingerprint density at radius 1 is 1.08 bits per heavy atom. The average molecular weight is 398 g/mol. The summed E-state index contributed by atoms with van der Waals surface area (Å²) in [6, 6.07) is 15.0. The van der Waals surface area contributed by atoms with Crippen LogP contribution in [-0.4, -0.2) is 15.3 Å². The number of hydrogen-bond acceptors (Lipinski definition) is 3. The Hall–Kier alpha value is -2.44. The Bertz CT molecular complexity index is 974. The summed E-state index contributed by atoms with van der Waals surface area (Å²) in [5.74, 6) is -0.127. The second-order valence-electron chi connectivity index (χ2n) is 5.26. The summed E-state index contributed by atoms with van der Waals surface area (Å²) in [4.78, 5) is 17.8. The van der Waals surface area contributed by atoms with Crippen LogP contribution in [0.2, 0.25) is 0 Å². The van der Waals surface area contributed by atoms with Crippen LogP contribution in [0.4, 0.5) is 5.69 Å². The predicted molar refractivity (Wildman–Crippen MR) is 101 cm³/mol. The highest BCUT2D eigenvalue weighted by Crippen LogP contribution is 2.23. The summed E-state index contributed by atoms with van der Waals surface area (Å²) < 4.78 is 2.95. The van der Waals surface area contributed by atoms with Gasteiger partial charge in [0.1, 0.15) is 0 Å². The van der Waals surface area contributed by atoms with Gasteiger partial charge in [-0.15, -0.1) is 11.3 Å². The van der Waals surface area contributed by atoms with E-state index in [4.69, 9.17) is 0 Å². The number of halogens is 1. The number of carbonyl (C=O) groups excluding carboxylic acids is 1. The third-order valence-electron chi connectivity index (χ3n) is 3.64. The minimum atomic E-state index is -0.127. The number of nitrogens with one attached hydrogen (secondary N) is 1. The second-order valence-corrected chi connectivity index (χ2v) is 7.05. The third kappa shape index (κ3) is 2.98. The molecule has 0 saturated heterocycles. The molecule has 0 unspecified atom stereocenters. The van der Waals surface area contributed by atoms with E-state index in [1.807, 2.05) is 58.6 Å². The van der Waals surface area contributed by atoms with Gasteiger partial charge in [0.25, 0.3) is 5.91 Å². The van der Waals surface area contributed by atoms with Crippen molar-refractivity contribution in [3.63, 3.8) is 0 Å². The number of anilines is 1. The van der Waals surface area contributed by atoms with E-state index in [1.54, 1.807) is 23.5 Å². The number of fused-ring (bicyclic) bond motifs is 1. The Kier molecular flexibility index (Phi) is 3.92. The first-order valence-corrected chi connectivity index (χ1v) is 8.96. The molecule has 1 amide bonds. The molecule has 0 aliphatic rings. The van der Waals surface area contributed by atoms with Gasteiger partial charge in [-0.1, -0.05) is 28.1 Å². The van der Waals surface area contributed by atoms with E-state index in [-0.39, 0.29) is 5.91 Å². The van der Waals surface area contributed by atoms with Crippen molar-refractivity contribution in [1.29, 1.82) is 0 Å². The van der Waals surface area contributed by atoms with Crippen molar-refractivity contribution >= 4 is 43.8 Å². The number of thiazole rings is 1. The fraction of sp³-hybridized carbons (Fsp3) is 0. The third-order valence-corrected chi connectivity index (χ3v) is 4.94.